The van der Waals surface area contributed by atoms with E-state index in [1.54, 1.807) is 6.07 Å². The molecule has 0 spiro atoms. The molecule has 0 saturated heterocycles. The molecule has 0 amide bonds. The van der Waals surface area contributed by atoms with Crippen LogP contribution in [-0.4, -0.2) is 5.11 Å². The molecule has 0 saturated carbocycles. The smallest absolute Gasteiger partial charge is 0.123 e. The monoisotopic (exact) mass is 247 g/mol. The lowest BCUT2D eigenvalue weighted by atomic mass is 9.83. The largest absolute Gasteiger partial charge is 0.508 e. The molecule has 15 heavy (non-hydrogen) atoms. The summed E-state index contributed by atoms with van der Waals surface area (Å²) in [6, 6.07) is 2.71. The number of nitrogens with two attached hydrogens (primary N) is 1. The van der Waals surface area contributed by atoms with Crippen molar-refractivity contribution in [2.24, 2.45) is 11.1 Å². The van der Waals surface area contributed by atoms with Crippen LogP contribution in [0.5, 0.6) is 5.75 Å². The van der Waals surface area contributed by atoms with Crippen LogP contribution < -0.4 is 5.73 Å². The molecule has 0 fully saturated rings. The van der Waals surface area contributed by atoms with Crippen molar-refractivity contribution < 1.29 is 5.11 Å². The van der Waals surface area contributed by atoms with E-state index in [1.165, 1.54) is 6.07 Å². The van der Waals surface area contributed by atoms with Crippen LogP contribution in [0.2, 0.25) is 10.0 Å². The summed E-state index contributed by atoms with van der Waals surface area (Å²) in [6.45, 7) is 5.96. The summed E-state index contributed by atoms with van der Waals surface area (Å²) in [6.07, 6.45) is 0. The molecule has 0 aromatic heterocycles. The quantitative estimate of drug-likeness (QED) is 0.795. The summed E-state index contributed by atoms with van der Waals surface area (Å²) in [7, 11) is 0. The van der Waals surface area contributed by atoms with Crippen LogP contribution in [0.15, 0.2) is 12.1 Å². The van der Waals surface area contributed by atoms with E-state index in [0.29, 0.717) is 15.6 Å². The van der Waals surface area contributed by atoms with Gasteiger partial charge in [-0.25, -0.2) is 0 Å². The zero-order chi connectivity index (χ0) is 11.8. The number of phenolic OH excluding ortho intramolecular Hbond substituents is 1. The van der Waals surface area contributed by atoms with Gasteiger partial charge in [-0.2, -0.15) is 0 Å². The zero-order valence-electron chi connectivity index (χ0n) is 9.01. The number of phenols is 1. The van der Waals surface area contributed by atoms with E-state index in [-0.39, 0.29) is 17.2 Å². The fourth-order valence-electron chi connectivity index (χ4n) is 1.31. The molecular weight excluding hydrogens is 233 g/mol. The Hall–Kier alpha value is -0.440. The first-order chi connectivity index (χ1) is 6.73. The highest BCUT2D eigenvalue weighted by molar-refractivity contribution is 6.35. The van der Waals surface area contributed by atoms with E-state index in [4.69, 9.17) is 28.9 Å². The predicted octanol–water partition coefficient (Wildman–Crippen LogP) is 3.74. The first-order valence-corrected chi connectivity index (χ1v) is 5.42. The number of rotatable bonds is 1. The summed E-state index contributed by atoms with van der Waals surface area (Å²) >= 11 is 11.8. The summed E-state index contributed by atoms with van der Waals surface area (Å²) < 4.78 is 0. The van der Waals surface area contributed by atoms with Gasteiger partial charge in [0, 0.05) is 16.6 Å². The van der Waals surface area contributed by atoms with Crippen LogP contribution in [0.3, 0.4) is 0 Å². The second-order valence-electron chi connectivity index (χ2n) is 4.66. The minimum Gasteiger partial charge on any atom is -0.508 e. The van der Waals surface area contributed by atoms with Gasteiger partial charge in [-0.3, -0.25) is 0 Å². The molecule has 84 valence electrons. The number of halogens is 2. The van der Waals surface area contributed by atoms with Crippen molar-refractivity contribution in [3.05, 3.63) is 27.7 Å². The van der Waals surface area contributed by atoms with E-state index < -0.39 is 0 Å². The molecule has 3 N–H and O–H groups in total. The van der Waals surface area contributed by atoms with Crippen molar-refractivity contribution in [2.45, 2.75) is 26.8 Å². The topological polar surface area (TPSA) is 46.2 Å². The third kappa shape index (κ3) is 2.77. The Kier molecular flexibility index (Phi) is 3.54. The van der Waals surface area contributed by atoms with Gasteiger partial charge >= 0.3 is 0 Å². The molecule has 0 aliphatic rings. The number of aromatic hydroxyl groups is 1. The molecule has 4 heteroatoms. The predicted molar refractivity (Wildman–Crippen MR) is 64.5 cm³/mol. The highest BCUT2D eigenvalue weighted by atomic mass is 35.5. The van der Waals surface area contributed by atoms with Crippen molar-refractivity contribution in [1.29, 1.82) is 0 Å². The van der Waals surface area contributed by atoms with Gasteiger partial charge < -0.3 is 10.8 Å². The Bertz CT molecular complexity index is 348. The maximum atomic E-state index is 9.76. The Labute approximate surface area is 100.0 Å². The van der Waals surface area contributed by atoms with Gasteiger partial charge in [-0.05, 0) is 17.5 Å². The van der Waals surface area contributed by atoms with Crippen LogP contribution in [0.1, 0.15) is 32.4 Å². The summed E-state index contributed by atoms with van der Waals surface area (Å²) in [4.78, 5) is 0. The van der Waals surface area contributed by atoms with Crippen molar-refractivity contribution in [2.75, 3.05) is 0 Å². The fourth-order valence-corrected chi connectivity index (χ4v) is 1.91. The van der Waals surface area contributed by atoms with Gasteiger partial charge in [-0.1, -0.05) is 44.0 Å². The zero-order valence-corrected chi connectivity index (χ0v) is 10.5. The van der Waals surface area contributed by atoms with Crippen molar-refractivity contribution in [3.8, 4) is 5.75 Å². The van der Waals surface area contributed by atoms with Gasteiger partial charge in [0.25, 0.3) is 0 Å². The Balaban J connectivity index is 3.26. The molecule has 0 bridgehead atoms. The first-order valence-electron chi connectivity index (χ1n) is 4.67. The minimum absolute atomic E-state index is 0.0509. The summed E-state index contributed by atoms with van der Waals surface area (Å²) in [5.41, 5.74) is 6.41. The van der Waals surface area contributed by atoms with Crippen LogP contribution in [-0.2, 0) is 0 Å². The van der Waals surface area contributed by atoms with Crippen molar-refractivity contribution in [1.82, 2.24) is 0 Å². The lowest BCUT2D eigenvalue weighted by molar-refractivity contribution is 0.318. The molecule has 2 nitrogen and oxygen atoms in total. The van der Waals surface area contributed by atoms with Gasteiger partial charge in [0.15, 0.2) is 0 Å². The third-order valence-corrected chi connectivity index (χ3v) is 2.85. The highest BCUT2D eigenvalue weighted by Gasteiger charge is 2.27. The molecule has 0 aliphatic heterocycles. The second kappa shape index (κ2) is 4.20. The maximum absolute atomic E-state index is 9.76. The van der Waals surface area contributed by atoms with E-state index in [2.05, 4.69) is 0 Å². The SMILES string of the molecule is CC(C)(C)[C@H](N)c1c(O)cc(Cl)cc1Cl. The standard InChI is InChI=1S/C11H15Cl2NO/c1-11(2,3)10(14)9-7(13)4-6(12)5-8(9)15/h4-5,10,15H,14H2,1-3H3/t10-/m1/s1. The van der Waals surface area contributed by atoms with Crippen molar-refractivity contribution in [3.63, 3.8) is 0 Å². The highest BCUT2D eigenvalue weighted by Crippen LogP contribution is 2.40. The van der Waals surface area contributed by atoms with Crippen LogP contribution in [0.4, 0.5) is 0 Å². The molecule has 0 heterocycles. The average Bonchev–Trinajstić information content (AvgIpc) is 1.99. The lowest BCUT2D eigenvalue weighted by Gasteiger charge is -2.28. The van der Waals surface area contributed by atoms with E-state index in [1.807, 2.05) is 20.8 Å². The first kappa shape index (κ1) is 12.6. The minimum atomic E-state index is -0.331. The number of hydrogen-bond acceptors (Lipinski definition) is 2. The van der Waals surface area contributed by atoms with Crippen LogP contribution in [0, 0.1) is 5.41 Å². The van der Waals surface area contributed by atoms with Gasteiger partial charge in [0.1, 0.15) is 5.75 Å². The Morgan fingerprint density at radius 2 is 1.80 bits per heavy atom. The van der Waals surface area contributed by atoms with Crippen molar-refractivity contribution >= 4 is 23.2 Å². The van der Waals surface area contributed by atoms with E-state index in [9.17, 15) is 5.11 Å². The maximum Gasteiger partial charge on any atom is 0.123 e. The molecule has 0 radical (unpaired) electrons. The van der Waals surface area contributed by atoms with Gasteiger partial charge in [0.2, 0.25) is 0 Å². The van der Waals surface area contributed by atoms with E-state index >= 15 is 0 Å². The van der Waals surface area contributed by atoms with Crippen LogP contribution >= 0.6 is 23.2 Å². The molecule has 1 rings (SSSR count). The normalized spacial score (nSPS) is 14.0. The molecule has 1 atom stereocenters. The fraction of sp³-hybridized carbons (Fsp3) is 0.455. The summed E-state index contributed by atoms with van der Waals surface area (Å²) in [5.74, 6) is 0.0509. The molecule has 0 aliphatic carbocycles. The van der Waals surface area contributed by atoms with Crippen LogP contribution in [0.25, 0.3) is 0 Å². The van der Waals surface area contributed by atoms with Gasteiger partial charge in [0.05, 0.1) is 5.02 Å². The second-order valence-corrected chi connectivity index (χ2v) is 5.51. The summed E-state index contributed by atoms with van der Waals surface area (Å²) in [5, 5.41) is 10.6. The van der Waals surface area contributed by atoms with E-state index in [0.717, 1.165) is 0 Å². The Morgan fingerprint density at radius 1 is 1.27 bits per heavy atom. The average molecular weight is 248 g/mol. The molecule has 1 aromatic rings. The molecular formula is C11H15Cl2NO. The third-order valence-electron chi connectivity index (χ3n) is 2.32. The van der Waals surface area contributed by atoms with Gasteiger partial charge in [-0.15, -0.1) is 0 Å². The molecule has 1 aromatic carbocycles. The molecule has 0 unspecified atom stereocenters. The number of benzene rings is 1. The number of hydrogen-bond donors (Lipinski definition) is 2. The lowest BCUT2D eigenvalue weighted by Crippen LogP contribution is -2.26. The Morgan fingerprint density at radius 3 is 2.20 bits per heavy atom.